The van der Waals surface area contributed by atoms with E-state index in [1.165, 1.54) is 18.2 Å². The second-order valence-corrected chi connectivity index (χ2v) is 5.76. The van der Waals surface area contributed by atoms with E-state index in [4.69, 9.17) is 16.7 Å². The first kappa shape index (κ1) is 15.5. The molecule has 0 aliphatic heterocycles. The molecular weight excluding hydrogens is 358 g/mol. The van der Waals surface area contributed by atoms with Crippen molar-refractivity contribution in [3.63, 3.8) is 0 Å². The third-order valence-electron chi connectivity index (χ3n) is 2.89. The molecule has 0 radical (unpaired) electrons. The second-order valence-electron chi connectivity index (χ2n) is 4.41. The topological polar surface area (TPSA) is 66.4 Å². The summed E-state index contributed by atoms with van der Waals surface area (Å²) < 4.78 is 0.870. The summed E-state index contributed by atoms with van der Waals surface area (Å²) in [5.74, 6) is -1.52. The normalized spacial score (nSPS) is 10.2. The van der Waals surface area contributed by atoms with Crippen LogP contribution < -0.4 is 5.32 Å². The van der Waals surface area contributed by atoms with E-state index in [1.807, 2.05) is 6.07 Å². The fourth-order valence-corrected chi connectivity index (χ4v) is 2.52. The van der Waals surface area contributed by atoms with Crippen molar-refractivity contribution in [2.24, 2.45) is 0 Å². The van der Waals surface area contributed by atoms with Crippen LogP contribution in [0.3, 0.4) is 0 Å². The number of benzene rings is 2. The molecule has 2 rings (SSSR count). The van der Waals surface area contributed by atoms with Gasteiger partial charge in [0.15, 0.2) is 0 Å². The van der Waals surface area contributed by atoms with E-state index in [1.54, 1.807) is 19.1 Å². The maximum absolute atomic E-state index is 12.3. The molecular formula is C15H11BrClNO3. The number of amides is 1. The van der Waals surface area contributed by atoms with E-state index in [2.05, 4.69) is 21.2 Å². The Hall–Kier alpha value is -1.85. The molecule has 1 amide bonds. The fourth-order valence-electron chi connectivity index (χ4n) is 1.87. The number of anilines is 1. The molecule has 0 bridgehead atoms. The Morgan fingerprint density at radius 2 is 1.86 bits per heavy atom. The van der Waals surface area contributed by atoms with Gasteiger partial charge in [0.05, 0.1) is 11.3 Å². The third-order valence-corrected chi connectivity index (χ3v) is 3.62. The Morgan fingerprint density at radius 3 is 2.48 bits per heavy atom. The van der Waals surface area contributed by atoms with Crippen LogP contribution >= 0.6 is 27.5 Å². The number of rotatable bonds is 3. The van der Waals surface area contributed by atoms with Crippen LogP contribution in [0.1, 0.15) is 26.3 Å². The van der Waals surface area contributed by atoms with Crippen molar-refractivity contribution in [2.45, 2.75) is 6.92 Å². The van der Waals surface area contributed by atoms with Crippen LogP contribution in [0.15, 0.2) is 40.9 Å². The number of hydrogen-bond donors (Lipinski definition) is 2. The van der Waals surface area contributed by atoms with Crippen molar-refractivity contribution < 1.29 is 14.7 Å². The summed E-state index contributed by atoms with van der Waals surface area (Å²) in [7, 11) is 0. The number of carboxylic acids is 1. The molecule has 6 heteroatoms. The van der Waals surface area contributed by atoms with E-state index in [-0.39, 0.29) is 17.2 Å². The lowest BCUT2D eigenvalue weighted by atomic mass is 10.1. The maximum Gasteiger partial charge on any atom is 0.337 e. The van der Waals surface area contributed by atoms with Gasteiger partial charge in [0.25, 0.3) is 5.91 Å². The fraction of sp³-hybridized carbons (Fsp3) is 0.0667. The van der Waals surface area contributed by atoms with Gasteiger partial charge >= 0.3 is 5.97 Å². The average molecular weight is 369 g/mol. The minimum Gasteiger partial charge on any atom is -0.478 e. The number of carbonyl (C=O) groups excluding carboxylic acids is 1. The summed E-state index contributed by atoms with van der Waals surface area (Å²) in [5.41, 5.74) is 1.42. The first-order valence-electron chi connectivity index (χ1n) is 5.99. The van der Waals surface area contributed by atoms with Gasteiger partial charge in [0, 0.05) is 15.1 Å². The van der Waals surface area contributed by atoms with Crippen molar-refractivity contribution in [1.29, 1.82) is 0 Å². The zero-order chi connectivity index (χ0) is 15.6. The van der Waals surface area contributed by atoms with Gasteiger partial charge in [0.1, 0.15) is 0 Å². The number of halogens is 2. The third kappa shape index (κ3) is 3.62. The molecule has 0 fully saturated rings. The number of aromatic carboxylic acids is 1. The van der Waals surface area contributed by atoms with Crippen LogP contribution in [0.25, 0.3) is 0 Å². The van der Waals surface area contributed by atoms with Gasteiger partial charge < -0.3 is 10.4 Å². The molecule has 0 aliphatic rings. The Morgan fingerprint density at radius 1 is 1.14 bits per heavy atom. The highest BCUT2D eigenvalue weighted by atomic mass is 79.9. The molecule has 2 aromatic rings. The highest BCUT2D eigenvalue weighted by molar-refractivity contribution is 9.10. The summed E-state index contributed by atoms with van der Waals surface area (Å²) in [6.45, 7) is 1.81. The molecule has 0 heterocycles. The molecule has 0 aliphatic carbocycles. The minimum absolute atomic E-state index is 0.0504. The van der Waals surface area contributed by atoms with Gasteiger partial charge in [0.2, 0.25) is 0 Å². The number of hydrogen-bond acceptors (Lipinski definition) is 2. The number of aryl methyl sites for hydroxylation is 1. The van der Waals surface area contributed by atoms with Gasteiger partial charge in [-0.05, 0) is 48.9 Å². The molecule has 0 saturated heterocycles. The van der Waals surface area contributed by atoms with Crippen molar-refractivity contribution >= 4 is 45.1 Å². The van der Waals surface area contributed by atoms with E-state index in [0.29, 0.717) is 10.6 Å². The molecule has 2 aromatic carbocycles. The van der Waals surface area contributed by atoms with Crippen molar-refractivity contribution in [2.75, 3.05) is 5.32 Å². The van der Waals surface area contributed by atoms with Crippen LogP contribution in [0.5, 0.6) is 0 Å². The molecule has 0 atom stereocenters. The zero-order valence-electron chi connectivity index (χ0n) is 11.0. The van der Waals surface area contributed by atoms with Crippen LogP contribution in [-0.4, -0.2) is 17.0 Å². The van der Waals surface area contributed by atoms with Crippen LogP contribution in [0.4, 0.5) is 5.69 Å². The molecule has 0 aromatic heterocycles. The van der Waals surface area contributed by atoms with Gasteiger partial charge in [-0.1, -0.05) is 27.5 Å². The highest BCUT2D eigenvalue weighted by Gasteiger charge is 2.15. The molecule has 4 nitrogen and oxygen atoms in total. The summed E-state index contributed by atoms with van der Waals surface area (Å²) >= 11 is 9.10. The van der Waals surface area contributed by atoms with Crippen LogP contribution in [0.2, 0.25) is 5.02 Å². The molecule has 21 heavy (non-hydrogen) atoms. The van der Waals surface area contributed by atoms with E-state index in [9.17, 15) is 9.59 Å². The predicted molar refractivity (Wildman–Crippen MR) is 85.2 cm³/mol. The zero-order valence-corrected chi connectivity index (χ0v) is 13.3. The summed E-state index contributed by atoms with van der Waals surface area (Å²) in [6.07, 6.45) is 0. The molecule has 108 valence electrons. The van der Waals surface area contributed by atoms with Crippen LogP contribution in [0, 0.1) is 6.92 Å². The van der Waals surface area contributed by atoms with Gasteiger partial charge in [-0.15, -0.1) is 0 Å². The smallest absolute Gasteiger partial charge is 0.337 e. The van der Waals surface area contributed by atoms with E-state index >= 15 is 0 Å². The Labute approximate surface area is 134 Å². The lowest BCUT2D eigenvalue weighted by Gasteiger charge is -2.10. The maximum atomic E-state index is 12.3. The summed E-state index contributed by atoms with van der Waals surface area (Å²) in [6, 6.07) is 9.53. The summed E-state index contributed by atoms with van der Waals surface area (Å²) in [5, 5.41) is 12.0. The number of nitrogens with one attached hydrogen (secondary N) is 1. The lowest BCUT2D eigenvalue weighted by molar-refractivity contribution is 0.0698. The largest absolute Gasteiger partial charge is 0.478 e. The molecule has 0 unspecified atom stereocenters. The average Bonchev–Trinajstić information content (AvgIpc) is 2.40. The minimum atomic E-state index is -1.15. The predicted octanol–water partition coefficient (Wildman–Crippen LogP) is 4.36. The monoisotopic (exact) mass is 367 g/mol. The molecule has 2 N–H and O–H groups in total. The quantitative estimate of drug-likeness (QED) is 0.846. The first-order valence-corrected chi connectivity index (χ1v) is 7.16. The van der Waals surface area contributed by atoms with E-state index < -0.39 is 5.97 Å². The van der Waals surface area contributed by atoms with Gasteiger partial charge in [-0.2, -0.15) is 0 Å². The Bertz CT molecular complexity index is 731. The van der Waals surface area contributed by atoms with Gasteiger partial charge in [-0.3, -0.25) is 4.79 Å². The standard InChI is InChI=1S/C15H11BrClNO3/c1-8-6-9(16)2-4-11(8)14(19)18-13-5-3-10(17)7-12(13)15(20)21/h2-7H,1H3,(H,18,19)(H,20,21). The summed E-state index contributed by atoms with van der Waals surface area (Å²) in [4.78, 5) is 23.4. The van der Waals surface area contributed by atoms with Crippen molar-refractivity contribution in [1.82, 2.24) is 0 Å². The van der Waals surface area contributed by atoms with Crippen LogP contribution in [-0.2, 0) is 0 Å². The SMILES string of the molecule is Cc1cc(Br)ccc1C(=O)Nc1ccc(Cl)cc1C(=O)O. The first-order chi connectivity index (χ1) is 9.88. The number of carboxylic acid groups (broad SMARTS) is 1. The van der Waals surface area contributed by atoms with Gasteiger partial charge in [-0.25, -0.2) is 4.79 Å². The second kappa shape index (κ2) is 6.28. The highest BCUT2D eigenvalue weighted by Crippen LogP contribution is 2.22. The molecule has 0 spiro atoms. The lowest BCUT2D eigenvalue weighted by Crippen LogP contribution is -2.16. The molecule has 0 saturated carbocycles. The number of carbonyl (C=O) groups is 2. The Kier molecular flexibility index (Phi) is 4.65. The van der Waals surface area contributed by atoms with Crippen molar-refractivity contribution in [3.8, 4) is 0 Å². The van der Waals surface area contributed by atoms with E-state index in [0.717, 1.165) is 10.0 Å². The Balaban J connectivity index is 2.34. The van der Waals surface area contributed by atoms with Crippen molar-refractivity contribution in [3.05, 3.63) is 62.6 Å².